The summed E-state index contributed by atoms with van der Waals surface area (Å²) in [6.07, 6.45) is 4.65. The number of nitrogens with zero attached hydrogens (tertiary/aromatic N) is 2. The fraction of sp³-hybridized carbons (Fsp3) is 0.0952. The number of carbonyl (C=O) groups excluding carboxylic acids is 1. The summed E-state index contributed by atoms with van der Waals surface area (Å²) in [6, 6.07) is 13.0. The fourth-order valence-electron chi connectivity index (χ4n) is 2.83. The Hall–Kier alpha value is -3.52. The van der Waals surface area contributed by atoms with Gasteiger partial charge in [-0.05, 0) is 54.4 Å². The largest absolute Gasteiger partial charge is 0.449 e. The molecule has 0 aliphatic heterocycles. The molecule has 0 fully saturated rings. The zero-order valence-electron chi connectivity index (χ0n) is 15.5. The minimum atomic E-state index is -3.69. The molecule has 4 aromatic rings. The number of rotatable bonds is 5. The van der Waals surface area contributed by atoms with Gasteiger partial charge in [-0.15, -0.1) is 0 Å². The number of furan rings is 1. The number of sulfone groups is 1. The molecule has 29 heavy (non-hydrogen) atoms. The average Bonchev–Trinajstić information content (AvgIpc) is 3.17. The van der Waals surface area contributed by atoms with Crippen LogP contribution in [0.3, 0.4) is 0 Å². The van der Waals surface area contributed by atoms with Crippen molar-refractivity contribution >= 4 is 26.7 Å². The van der Waals surface area contributed by atoms with Crippen LogP contribution in [-0.4, -0.2) is 24.3 Å². The first-order chi connectivity index (χ1) is 13.9. The smallest absolute Gasteiger partial charge is 0.287 e. The molecule has 0 saturated heterocycles. The molecule has 1 amide bonds. The quantitative estimate of drug-likeness (QED) is 0.545. The van der Waals surface area contributed by atoms with Crippen molar-refractivity contribution in [2.24, 2.45) is 0 Å². The SMILES string of the molecule is Cc1ccnc(S(=O)(=O)c2ccc(CNC(=O)c3cc4ccncc4o3)cc2)c1. The van der Waals surface area contributed by atoms with E-state index in [-0.39, 0.29) is 28.1 Å². The number of hydrogen-bond acceptors (Lipinski definition) is 6. The molecule has 0 aliphatic rings. The van der Waals surface area contributed by atoms with Crippen molar-refractivity contribution < 1.29 is 17.6 Å². The minimum absolute atomic E-state index is 0.0120. The number of aryl methyl sites for hydroxylation is 1. The summed E-state index contributed by atoms with van der Waals surface area (Å²) >= 11 is 0. The topological polar surface area (TPSA) is 102 Å². The summed E-state index contributed by atoms with van der Waals surface area (Å²) in [4.78, 5) is 20.4. The molecule has 0 unspecified atom stereocenters. The molecule has 1 N–H and O–H groups in total. The molecule has 0 radical (unpaired) electrons. The molecule has 8 heteroatoms. The Morgan fingerprint density at radius 2 is 1.86 bits per heavy atom. The van der Waals surface area contributed by atoms with Gasteiger partial charge in [0.15, 0.2) is 16.4 Å². The number of fused-ring (bicyclic) bond motifs is 1. The second-order valence-electron chi connectivity index (χ2n) is 6.53. The van der Waals surface area contributed by atoms with Gasteiger partial charge in [-0.2, -0.15) is 0 Å². The van der Waals surface area contributed by atoms with E-state index >= 15 is 0 Å². The number of aromatic nitrogens is 2. The van der Waals surface area contributed by atoms with E-state index < -0.39 is 9.84 Å². The molecule has 4 rings (SSSR count). The number of nitrogens with one attached hydrogen (secondary N) is 1. The van der Waals surface area contributed by atoms with Crippen LogP contribution in [0.5, 0.6) is 0 Å². The Labute approximate surface area is 167 Å². The molecular formula is C21H17N3O4S. The van der Waals surface area contributed by atoms with E-state index in [1.807, 2.05) is 6.92 Å². The van der Waals surface area contributed by atoms with Gasteiger partial charge in [-0.1, -0.05) is 12.1 Å². The van der Waals surface area contributed by atoms with E-state index in [9.17, 15) is 13.2 Å². The molecule has 7 nitrogen and oxygen atoms in total. The van der Waals surface area contributed by atoms with Gasteiger partial charge in [0.1, 0.15) is 0 Å². The Morgan fingerprint density at radius 1 is 1.07 bits per heavy atom. The van der Waals surface area contributed by atoms with Gasteiger partial charge in [-0.25, -0.2) is 13.4 Å². The Morgan fingerprint density at radius 3 is 2.59 bits per heavy atom. The number of benzene rings is 1. The van der Waals surface area contributed by atoms with E-state index in [1.165, 1.54) is 24.4 Å². The van der Waals surface area contributed by atoms with E-state index in [1.54, 1.807) is 42.7 Å². The molecule has 0 spiro atoms. The maximum absolute atomic E-state index is 12.7. The summed E-state index contributed by atoms with van der Waals surface area (Å²) in [7, 11) is -3.69. The van der Waals surface area contributed by atoms with Crippen molar-refractivity contribution in [3.63, 3.8) is 0 Å². The average molecular weight is 407 g/mol. The van der Waals surface area contributed by atoms with Crippen molar-refractivity contribution in [2.75, 3.05) is 0 Å². The first-order valence-electron chi connectivity index (χ1n) is 8.82. The second-order valence-corrected chi connectivity index (χ2v) is 8.42. The number of carbonyl (C=O) groups is 1. The molecule has 146 valence electrons. The van der Waals surface area contributed by atoms with Crippen LogP contribution in [0, 0.1) is 6.92 Å². The molecule has 0 saturated carbocycles. The minimum Gasteiger partial charge on any atom is -0.449 e. The van der Waals surface area contributed by atoms with Crippen LogP contribution in [0.25, 0.3) is 11.0 Å². The zero-order valence-corrected chi connectivity index (χ0v) is 16.3. The third-order valence-electron chi connectivity index (χ3n) is 4.40. The van der Waals surface area contributed by atoms with Gasteiger partial charge >= 0.3 is 0 Å². The standard InChI is InChI=1S/C21H17N3O4S/c1-14-6-9-23-20(10-14)29(26,27)17-4-2-15(3-5-17)12-24-21(25)18-11-16-7-8-22-13-19(16)28-18/h2-11,13H,12H2,1H3,(H,24,25). The molecule has 0 atom stereocenters. The third kappa shape index (κ3) is 3.88. The summed E-state index contributed by atoms with van der Waals surface area (Å²) in [6.45, 7) is 2.04. The van der Waals surface area contributed by atoms with Crippen molar-refractivity contribution in [2.45, 2.75) is 23.4 Å². The van der Waals surface area contributed by atoms with Crippen molar-refractivity contribution in [1.29, 1.82) is 0 Å². The van der Waals surface area contributed by atoms with Gasteiger partial charge < -0.3 is 9.73 Å². The molecule has 3 aromatic heterocycles. The normalized spacial score (nSPS) is 11.5. The summed E-state index contributed by atoms with van der Waals surface area (Å²) in [5.74, 6) is -0.167. The van der Waals surface area contributed by atoms with Gasteiger partial charge in [-0.3, -0.25) is 9.78 Å². The van der Waals surface area contributed by atoms with Gasteiger partial charge in [0.2, 0.25) is 9.84 Å². The van der Waals surface area contributed by atoms with Crippen molar-refractivity contribution in [3.05, 3.63) is 84.0 Å². The summed E-state index contributed by atoms with van der Waals surface area (Å²) < 4.78 is 30.8. The van der Waals surface area contributed by atoms with E-state index in [2.05, 4.69) is 15.3 Å². The molecular weight excluding hydrogens is 390 g/mol. The predicted octanol–water partition coefficient (Wildman–Crippen LogP) is 3.29. The molecule has 3 heterocycles. The molecule has 0 bridgehead atoms. The van der Waals surface area contributed by atoms with Crippen LogP contribution in [0.15, 0.2) is 81.5 Å². The number of pyridine rings is 2. The van der Waals surface area contributed by atoms with E-state index in [0.29, 0.717) is 5.58 Å². The monoisotopic (exact) mass is 407 g/mol. The van der Waals surface area contributed by atoms with Crippen LogP contribution in [0.4, 0.5) is 0 Å². The lowest BCUT2D eigenvalue weighted by atomic mass is 10.2. The van der Waals surface area contributed by atoms with Crippen molar-refractivity contribution in [1.82, 2.24) is 15.3 Å². The highest BCUT2D eigenvalue weighted by atomic mass is 32.2. The van der Waals surface area contributed by atoms with E-state index in [4.69, 9.17) is 4.42 Å². The first-order valence-corrected chi connectivity index (χ1v) is 10.3. The zero-order chi connectivity index (χ0) is 20.4. The lowest BCUT2D eigenvalue weighted by Gasteiger charge is -2.07. The molecule has 0 aliphatic carbocycles. The van der Waals surface area contributed by atoms with Gasteiger partial charge in [0.25, 0.3) is 5.91 Å². The highest BCUT2D eigenvalue weighted by Crippen LogP contribution is 2.21. The van der Waals surface area contributed by atoms with Crippen LogP contribution >= 0.6 is 0 Å². The fourth-order valence-corrected chi connectivity index (χ4v) is 4.10. The highest BCUT2D eigenvalue weighted by Gasteiger charge is 2.19. The maximum Gasteiger partial charge on any atom is 0.287 e. The summed E-state index contributed by atoms with van der Waals surface area (Å²) in [5.41, 5.74) is 2.11. The third-order valence-corrected chi connectivity index (χ3v) is 6.07. The van der Waals surface area contributed by atoms with Crippen LogP contribution < -0.4 is 5.32 Å². The lowest BCUT2D eigenvalue weighted by molar-refractivity contribution is 0.0925. The van der Waals surface area contributed by atoms with Crippen LogP contribution in [-0.2, 0) is 16.4 Å². The van der Waals surface area contributed by atoms with Gasteiger partial charge in [0.05, 0.1) is 11.1 Å². The predicted molar refractivity (Wildman–Crippen MR) is 106 cm³/mol. The van der Waals surface area contributed by atoms with Gasteiger partial charge in [0, 0.05) is 24.3 Å². The Kier molecular flexibility index (Phi) is 4.85. The second kappa shape index (κ2) is 7.48. The van der Waals surface area contributed by atoms with Crippen molar-refractivity contribution in [3.8, 4) is 0 Å². The van der Waals surface area contributed by atoms with Crippen LogP contribution in [0.2, 0.25) is 0 Å². The van der Waals surface area contributed by atoms with Crippen LogP contribution in [0.1, 0.15) is 21.7 Å². The number of hydrogen-bond donors (Lipinski definition) is 1. The Bertz CT molecular complexity index is 1260. The lowest BCUT2D eigenvalue weighted by Crippen LogP contribution is -2.22. The van der Waals surface area contributed by atoms with E-state index in [0.717, 1.165) is 16.5 Å². The number of amides is 1. The summed E-state index contributed by atoms with van der Waals surface area (Å²) in [5, 5.41) is 3.57. The Balaban J connectivity index is 1.46. The maximum atomic E-state index is 12.7. The first kappa shape index (κ1) is 18.8. The highest BCUT2D eigenvalue weighted by molar-refractivity contribution is 7.91. The molecule has 1 aromatic carbocycles.